The van der Waals surface area contributed by atoms with Crippen molar-refractivity contribution in [1.29, 1.82) is 0 Å². The number of benzene rings is 1. The van der Waals surface area contributed by atoms with E-state index in [9.17, 15) is 4.79 Å². The van der Waals surface area contributed by atoms with Gasteiger partial charge in [-0.3, -0.25) is 4.68 Å². The van der Waals surface area contributed by atoms with E-state index in [1.54, 1.807) is 31.5 Å². The normalized spacial score (nSPS) is 13.0. The molecule has 6 nitrogen and oxygen atoms in total. The topological polar surface area (TPSA) is 82.5 Å². The van der Waals surface area contributed by atoms with Crippen molar-refractivity contribution in [2.75, 3.05) is 0 Å². The summed E-state index contributed by atoms with van der Waals surface area (Å²) in [6.45, 7) is 1.63. The highest BCUT2D eigenvalue weighted by atomic mass is 79.9. The number of nitrogens with two attached hydrogens (primary N) is 1. The Morgan fingerprint density at radius 3 is 2.82 bits per heavy atom. The number of rotatable bonds is 4. The highest BCUT2D eigenvalue weighted by Gasteiger charge is 2.18. The molecule has 1 unspecified atom stereocenters. The molecular formula is C13H11BrCl2N4O2. The standard InChI is InChI=1S/C13H11BrCl2N4O2/c1-7(20-6-8(14)5-18-20)13(21)22-19-12(17)10-3-2-9(15)4-11(10)16/h2-7H,1H3,(H2,17,19). The summed E-state index contributed by atoms with van der Waals surface area (Å²) in [7, 11) is 0. The lowest BCUT2D eigenvalue weighted by Crippen LogP contribution is -2.20. The lowest BCUT2D eigenvalue weighted by molar-refractivity contribution is -0.147. The lowest BCUT2D eigenvalue weighted by Gasteiger charge is -2.09. The van der Waals surface area contributed by atoms with Crippen LogP contribution in [0.2, 0.25) is 10.0 Å². The van der Waals surface area contributed by atoms with Gasteiger partial charge in [0.15, 0.2) is 5.84 Å². The Morgan fingerprint density at radius 2 is 2.23 bits per heavy atom. The minimum Gasteiger partial charge on any atom is -0.380 e. The fourth-order valence-corrected chi connectivity index (χ4v) is 2.36. The second-order valence-corrected chi connectivity index (χ2v) is 6.08. The molecule has 9 heteroatoms. The average Bonchev–Trinajstić information content (AvgIpc) is 2.90. The van der Waals surface area contributed by atoms with Crippen molar-refractivity contribution in [1.82, 2.24) is 9.78 Å². The van der Waals surface area contributed by atoms with Crippen molar-refractivity contribution >= 4 is 50.9 Å². The van der Waals surface area contributed by atoms with Gasteiger partial charge in [-0.25, -0.2) is 4.79 Å². The van der Waals surface area contributed by atoms with Gasteiger partial charge in [0.25, 0.3) is 0 Å². The number of carbonyl (C=O) groups excluding carboxylic acids is 1. The summed E-state index contributed by atoms with van der Waals surface area (Å²) >= 11 is 15.0. The van der Waals surface area contributed by atoms with E-state index in [0.29, 0.717) is 15.6 Å². The Kier molecular flexibility index (Phi) is 5.44. The second kappa shape index (κ2) is 7.13. The number of halogens is 3. The van der Waals surface area contributed by atoms with Crippen molar-refractivity contribution in [2.45, 2.75) is 13.0 Å². The van der Waals surface area contributed by atoms with Gasteiger partial charge in [0.2, 0.25) is 0 Å². The van der Waals surface area contributed by atoms with Gasteiger partial charge in [-0.2, -0.15) is 5.10 Å². The van der Waals surface area contributed by atoms with Gasteiger partial charge in [-0.05, 0) is 41.1 Å². The van der Waals surface area contributed by atoms with E-state index < -0.39 is 12.0 Å². The molecule has 0 aliphatic rings. The highest BCUT2D eigenvalue weighted by molar-refractivity contribution is 9.10. The van der Waals surface area contributed by atoms with E-state index in [1.807, 2.05) is 0 Å². The molecule has 2 N–H and O–H groups in total. The van der Waals surface area contributed by atoms with E-state index in [2.05, 4.69) is 26.2 Å². The van der Waals surface area contributed by atoms with Crippen molar-refractivity contribution in [2.24, 2.45) is 10.9 Å². The maximum Gasteiger partial charge on any atom is 0.359 e. The largest absolute Gasteiger partial charge is 0.380 e. The maximum absolute atomic E-state index is 11.9. The van der Waals surface area contributed by atoms with Gasteiger partial charge in [-0.15, -0.1) is 0 Å². The first-order valence-corrected chi connectivity index (χ1v) is 7.62. The molecule has 1 aromatic carbocycles. The van der Waals surface area contributed by atoms with Gasteiger partial charge in [0.1, 0.15) is 6.04 Å². The van der Waals surface area contributed by atoms with Crippen molar-refractivity contribution in [3.05, 3.63) is 50.7 Å². The number of nitrogens with zero attached hydrogens (tertiary/aromatic N) is 3. The van der Waals surface area contributed by atoms with E-state index >= 15 is 0 Å². The summed E-state index contributed by atoms with van der Waals surface area (Å²) in [5.41, 5.74) is 6.18. The second-order valence-electron chi connectivity index (χ2n) is 4.33. The van der Waals surface area contributed by atoms with E-state index in [0.717, 1.165) is 4.47 Å². The van der Waals surface area contributed by atoms with Gasteiger partial charge in [-0.1, -0.05) is 28.4 Å². The predicted octanol–water partition coefficient (Wildman–Crippen LogP) is 3.38. The molecule has 1 aromatic heterocycles. The molecule has 1 atom stereocenters. The quantitative estimate of drug-likeness (QED) is 0.366. The molecule has 116 valence electrons. The van der Waals surface area contributed by atoms with Crippen molar-refractivity contribution in [3.63, 3.8) is 0 Å². The van der Waals surface area contributed by atoms with Crippen molar-refractivity contribution in [3.8, 4) is 0 Å². The molecule has 0 amide bonds. The third kappa shape index (κ3) is 4.00. The van der Waals surface area contributed by atoms with Gasteiger partial charge < -0.3 is 10.6 Å². The van der Waals surface area contributed by atoms with Gasteiger partial charge >= 0.3 is 5.97 Å². The van der Waals surface area contributed by atoms with Crippen LogP contribution in [0.3, 0.4) is 0 Å². The zero-order valence-corrected chi connectivity index (χ0v) is 14.4. The summed E-state index contributed by atoms with van der Waals surface area (Å²) in [6.07, 6.45) is 3.21. The Morgan fingerprint density at radius 1 is 1.50 bits per heavy atom. The van der Waals surface area contributed by atoms with Crippen LogP contribution in [0.1, 0.15) is 18.5 Å². The zero-order valence-electron chi connectivity index (χ0n) is 11.3. The third-order valence-corrected chi connectivity index (χ3v) is 3.71. The Hall–Kier alpha value is -1.57. The van der Waals surface area contributed by atoms with Crippen LogP contribution in [0, 0.1) is 0 Å². The number of oxime groups is 1. The highest BCUT2D eigenvalue weighted by Crippen LogP contribution is 2.21. The summed E-state index contributed by atoms with van der Waals surface area (Å²) in [5, 5.41) is 8.38. The number of hydrogen-bond acceptors (Lipinski definition) is 4. The van der Waals surface area contributed by atoms with Crippen molar-refractivity contribution < 1.29 is 9.63 Å². The summed E-state index contributed by atoms with van der Waals surface area (Å²) < 4.78 is 2.19. The van der Waals surface area contributed by atoms with Crippen LogP contribution < -0.4 is 5.73 Å². The van der Waals surface area contributed by atoms with Crippen LogP contribution >= 0.6 is 39.1 Å². The van der Waals surface area contributed by atoms with Gasteiger partial charge in [0, 0.05) is 16.8 Å². The maximum atomic E-state index is 11.9. The number of hydrogen-bond donors (Lipinski definition) is 1. The zero-order chi connectivity index (χ0) is 16.3. The Balaban J connectivity index is 2.08. The minimum absolute atomic E-state index is 0.0242. The summed E-state index contributed by atoms with van der Waals surface area (Å²) in [4.78, 5) is 16.7. The molecule has 0 aliphatic carbocycles. The van der Waals surface area contributed by atoms with Crippen LogP contribution in [0.5, 0.6) is 0 Å². The van der Waals surface area contributed by atoms with Crippen LogP contribution in [0.25, 0.3) is 0 Å². The average molecular weight is 406 g/mol. The van der Waals surface area contributed by atoms with Crippen LogP contribution in [0.15, 0.2) is 40.2 Å². The molecule has 0 spiro atoms. The molecule has 22 heavy (non-hydrogen) atoms. The fourth-order valence-electron chi connectivity index (χ4n) is 1.55. The molecule has 0 aliphatic heterocycles. The first kappa shape index (κ1) is 16.8. The molecule has 2 aromatic rings. The molecule has 0 fully saturated rings. The number of aromatic nitrogens is 2. The minimum atomic E-state index is -0.650. The molecule has 2 rings (SSSR count). The van der Waals surface area contributed by atoms with E-state index in [-0.39, 0.29) is 5.84 Å². The van der Waals surface area contributed by atoms with Crippen LogP contribution in [0.4, 0.5) is 0 Å². The smallest absolute Gasteiger partial charge is 0.359 e. The molecule has 0 saturated carbocycles. The van der Waals surface area contributed by atoms with E-state index in [4.69, 9.17) is 33.8 Å². The Bertz CT molecular complexity index is 733. The molecule has 0 saturated heterocycles. The third-order valence-electron chi connectivity index (χ3n) is 2.75. The number of carbonyl (C=O) groups is 1. The van der Waals surface area contributed by atoms with Crippen LogP contribution in [-0.2, 0) is 9.63 Å². The monoisotopic (exact) mass is 404 g/mol. The first-order valence-electron chi connectivity index (χ1n) is 6.08. The first-order chi connectivity index (χ1) is 10.4. The molecule has 0 bridgehead atoms. The summed E-state index contributed by atoms with van der Waals surface area (Å²) in [5.74, 6) is -0.632. The molecular weight excluding hydrogens is 395 g/mol. The number of amidine groups is 1. The SMILES string of the molecule is CC(C(=O)O/N=C(\N)c1ccc(Cl)cc1Cl)n1cc(Br)cn1. The van der Waals surface area contributed by atoms with Gasteiger partial charge in [0.05, 0.1) is 15.7 Å². The van der Waals surface area contributed by atoms with E-state index in [1.165, 1.54) is 10.7 Å². The molecule has 1 heterocycles. The van der Waals surface area contributed by atoms with Crippen LogP contribution in [-0.4, -0.2) is 21.6 Å². The lowest BCUT2D eigenvalue weighted by atomic mass is 10.2. The summed E-state index contributed by atoms with van der Waals surface area (Å²) in [6, 6.07) is 4.07. The fraction of sp³-hybridized carbons (Fsp3) is 0.154. The predicted molar refractivity (Wildman–Crippen MR) is 87.9 cm³/mol. The molecule has 0 radical (unpaired) electrons. The Labute approximate surface area is 144 Å².